The number of nitrogens with zero attached hydrogens (tertiary/aromatic N) is 5. The summed E-state index contributed by atoms with van der Waals surface area (Å²) in [6.07, 6.45) is 1.61. The quantitative estimate of drug-likeness (QED) is 0.630. The van der Waals surface area contributed by atoms with Gasteiger partial charge >= 0.3 is 0 Å². The fourth-order valence-corrected chi connectivity index (χ4v) is 3.69. The molecule has 0 unspecified atom stereocenters. The minimum absolute atomic E-state index is 0.142. The van der Waals surface area contributed by atoms with E-state index in [1.165, 1.54) is 0 Å². The molecule has 1 aromatic carbocycles. The van der Waals surface area contributed by atoms with Crippen LogP contribution in [0.15, 0.2) is 27.0 Å². The average Bonchev–Trinajstić information content (AvgIpc) is 3.28. The third kappa shape index (κ3) is 3.51. The number of hydrogen-bond acceptors (Lipinski definition) is 7. The second-order valence-electron chi connectivity index (χ2n) is 6.33. The molecule has 0 amide bonds. The van der Waals surface area contributed by atoms with Gasteiger partial charge in [0.05, 0.1) is 10.6 Å². The summed E-state index contributed by atoms with van der Waals surface area (Å²) in [5.74, 6) is 2.14. The van der Waals surface area contributed by atoms with Gasteiger partial charge in [-0.1, -0.05) is 23.2 Å². The summed E-state index contributed by atoms with van der Waals surface area (Å²) in [4.78, 5) is 6.13. The number of piperidine rings is 1. The van der Waals surface area contributed by atoms with Gasteiger partial charge in [0.15, 0.2) is 5.89 Å². The third-order valence-corrected chi connectivity index (χ3v) is 5.10. The van der Waals surface area contributed by atoms with Crippen molar-refractivity contribution in [2.75, 3.05) is 18.0 Å². The minimum atomic E-state index is 0.142. The summed E-state index contributed by atoms with van der Waals surface area (Å²) in [5, 5.41) is 18.5. The largest absolute Gasteiger partial charge is 0.424 e. The zero-order valence-electron chi connectivity index (χ0n) is 14.4. The Labute approximate surface area is 165 Å². The first kappa shape index (κ1) is 17.8. The third-order valence-electron chi connectivity index (χ3n) is 4.56. The highest BCUT2D eigenvalue weighted by Crippen LogP contribution is 2.34. The van der Waals surface area contributed by atoms with Gasteiger partial charge < -0.3 is 13.7 Å². The highest BCUT2D eigenvalue weighted by Gasteiger charge is 2.28. The van der Waals surface area contributed by atoms with Crippen LogP contribution < -0.4 is 4.90 Å². The molecule has 0 spiro atoms. The molecule has 0 atom stereocenters. The Bertz CT molecular complexity index is 1020. The standard InChI is InChI=1S/C18H15Cl2N5O2/c1-10-22-15(9-21)18(26-10)25-6-4-11(5-7-25)16-23-24-17(27-16)13-3-2-12(19)8-14(13)20/h2-3,8,11H,4-7H2,1H3. The van der Waals surface area contributed by atoms with Crippen LogP contribution >= 0.6 is 23.2 Å². The molecule has 3 aromatic rings. The molecule has 3 heterocycles. The van der Waals surface area contributed by atoms with Crippen molar-refractivity contribution in [3.05, 3.63) is 45.7 Å². The summed E-state index contributed by atoms with van der Waals surface area (Å²) in [6, 6.07) is 7.22. The van der Waals surface area contributed by atoms with E-state index in [9.17, 15) is 5.26 Å². The van der Waals surface area contributed by atoms with Crippen LogP contribution in [0.1, 0.15) is 36.2 Å². The zero-order valence-corrected chi connectivity index (χ0v) is 16.0. The lowest BCUT2D eigenvalue weighted by Gasteiger charge is -2.29. The molecular formula is C18H15Cl2N5O2. The van der Waals surface area contributed by atoms with Crippen molar-refractivity contribution < 1.29 is 8.83 Å². The molecule has 7 nitrogen and oxygen atoms in total. The molecular weight excluding hydrogens is 389 g/mol. The Morgan fingerprint density at radius 3 is 2.67 bits per heavy atom. The molecule has 2 aromatic heterocycles. The molecule has 1 saturated heterocycles. The van der Waals surface area contributed by atoms with Crippen molar-refractivity contribution in [2.45, 2.75) is 25.7 Å². The Morgan fingerprint density at radius 1 is 1.19 bits per heavy atom. The first-order chi connectivity index (χ1) is 13.0. The van der Waals surface area contributed by atoms with E-state index in [0.29, 0.717) is 57.9 Å². The SMILES string of the molecule is Cc1nc(C#N)c(N2CCC(c3nnc(-c4ccc(Cl)cc4Cl)o3)CC2)o1. The molecule has 1 aliphatic rings. The summed E-state index contributed by atoms with van der Waals surface area (Å²) in [5.41, 5.74) is 0.983. The number of oxazole rings is 1. The summed E-state index contributed by atoms with van der Waals surface area (Å²) in [6.45, 7) is 3.17. The van der Waals surface area contributed by atoms with Crippen molar-refractivity contribution in [3.8, 4) is 17.5 Å². The van der Waals surface area contributed by atoms with Gasteiger partial charge in [0.2, 0.25) is 23.4 Å². The lowest BCUT2D eigenvalue weighted by atomic mass is 9.97. The van der Waals surface area contributed by atoms with E-state index in [4.69, 9.17) is 32.0 Å². The van der Waals surface area contributed by atoms with Crippen molar-refractivity contribution in [1.29, 1.82) is 5.26 Å². The number of benzene rings is 1. The first-order valence-electron chi connectivity index (χ1n) is 8.46. The average molecular weight is 404 g/mol. The van der Waals surface area contributed by atoms with Crippen LogP contribution in [0.2, 0.25) is 10.0 Å². The predicted molar refractivity (Wildman–Crippen MR) is 99.9 cm³/mol. The highest BCUT2D eigenvalue weighted by molar-refractivity contribution is 6.36. The molecule has 0 aliphatic carbocycles. The fraction of sp³-hybridized carbons (Fsp3) is 0.333. The molecule has 4 rings (SSSR count). The molecule has 1 fully saturated rings. The second kappa shape index (κ2) is 7.22. The van der Waals surface area contributed by atoms with Crippen LogP contribution in [0.3, 0.4) is 0 Å². The van der Waals surface area contributed by atoms with E-state index in [1.807, 2.05) is 4.90 Å². The maximum absolute atomic E-state index is 9.19. The van der Waals surface area contributed by atoms with Gasteiger partial charge in [0.1, 0.15) is 6.07 Å². The van der Waals surface area contributed by atoms with E-state index in [1.54, 1.807) is 25.1 Å². The Balaban J connectivity index is 1.47. The molecule has 1 aliphatic heterocycles. The lowest BCUT2D eigenvalue weighted by Crippen LogP contribution is -2.33. The van der Waals surface area contributed by atoms with Gasteiger partial charge in [-0.15, -0.1) is 10.2 Å². The smallest absolute Gasteiger partial charge is 0.249 e. The van der Waals surface area contributed by atoms with E-state index in [-0.39, 0.29) is 5.92 Å². The van der Waals surface area contributed by atoms with E-state index >= 15 is 0 Å². The van der Waals surface area contributed by atoms with Gasteiger partial charge in [-0.05, 0) is 31.0 Å². The van der Waals surface area contributed by atoms with Crippen molar-refractivity contribution >= 4 is 29.1 Å². The zero-order chi connectivity index (χ0) is 19.0. The Morgan fingerprint density at radius 2 is 1.96 bits per heavy atom. The predicted octanol–water partition coefficient (Wildman–Crippen LogP) is 4.60. The first-order valence-corrected chi connectivity index (χ1v) is 9.22. The Hall–Kier alpha value is -2.56. The number of nitriles is 1. The van der Waals surface area contributed by atoms with Crippen LogP contribution in [0.4, 0.5) is 5.88 Å². The van der Waals surface area contributed by atoms with Gasteiger partial charge in [-0.25, -0.2) is 4.98 Å². The maximum atomic E-state index is 9.19. The Kier molecular flexibility index (Phi) is 4.77. The number of hydrogen-bond donors (Lipinski definition) is 0. The number of halogens is 2. The lowest BCUT2D eigenvalue weighted by molar-refractivity contribution is 0.387. The van der Waals surface area contributed by atoms with Gasteiger partial charge in [-0.3, -0.25) is 0 Å². The number of aromatic nitrogens is 3. The minimum Gasteiger partial charge on any atom is -0.424 e. The van der Waals surface area contributed by atoms with Gasteiger partial charge in [-0.2, -0.15) is 5.26 Å². The van der Waals surface area contributed by atoms with E-state index in [0.717, 1.165) is 12.8 Å². The van der Waals surface area contributed by atoms with Crippen LogP contribution in [0.25, 0.3) is 11.5 Å². The number of aryl methyl sites for hydroxylation is 1. The number of anilines is 1. The summed E-state index contributed by atoms with van der Waals surface area (Å²) < 4.78 is 11.4. The number of rotatable bonds is 3. The molecule has 0 saturated carbocycles. The molecule has 0 bridgehead atoms. The normalized spacial score (nSPS) is 15.1. The molecule has 0 radical (unpaired) electrons. The summed E-state index contributed by atoms with van der Waals surface area (Å²) in [7, 11) is 0. The topological polar surface area (TPSA) is 92.0 Å². The molecule has 27 heavy (non-hydrogen) atoms. The van der Waals surface area contributed by atoms with Crippen molar-refractivity contribution in [2.24, 2.45) is 0 Å². The molecule has 0 N–H and O–H groups in total. The maximum Gasteiger partial charge on any atom is 0.249 e. The van der Waals surface area contributed by atoms with Crippen LogP contribution in [0.5, 0.6) is 0 Å². The highest BCUT2D eigenvalue weighted by atomic mass is 35.5. The summed E-state index contributed by atoms with van der Waals surface area (Å²) >= 11 is 12.1. The monoisotopic (exact) mass is 403 g/mol. The van der Waals surface area contributed by atoms with Crippen molar-refractivity contribution in [3.63, 3.8) is 0 Å². The fourth-order valence-electron chi connectivity index (χ4n) is 3.20. The molecule has 138 valence electrons. The van der Waals surface area contributed by atoms with Gasteiger partial charge in [0.25, 0.3) is 0 Å². The van der Waals surface area contributed by atoms with Crippen molar-refractivity contribution in [1.82, 2.24) is 15.2 Å². The molecule has 9 heteroatoms. The van der Waals surface area contributed by atoms with Crippen LogP contribution in [0, 0.1) is 18.3 Å². The van der Waals surface area contributed by atoms with E-state index < -0.39 is 0 Å². The van der Waals surface area contributed by atoms with Gasteiger partial charge in [0, 0.05) is 31.0 Å². The second-order valence-corrected chi connectivity index (χ2v) is 7.17. The van der Waals surface area contributed by atoms with E-state index in [2.05, 4.69) is 21.3 Å². The van der Waals surface area contributed by atoms with Crippen LogP contribution in [-0.4, -0.2) is 28.3 Å². The van der Waals surface area contributed by atoms with Crippen LogP contribution in [-0.2, 0) is 0 Å².